The van der Waals surface area contributed by atoms with E-state index in [0.29, 0.717) is 23.8 Å². The van der Waals surface area contributed by atoms with Gasteiger partial charge in [0, 0.05) is 43.8 Å². The van der Waals surface area contributed by atoms with E-state index in [4.69, 9.17) is 12.2 Å². The summed E-state index contributed by atoms with van der Waals surface area (Å²) in [6, 6.07) is 6.11. The van der Waals surface area contributed by atoms with Crippen LogP contribution >= 0.6 is 12.2 Å². The van der Waals surface area contributed by atoms with E-state index in [0.717, 1.165) is 30.8 Å². The molecule has 0 spiro atoms. The van der Waals surface area contributed by atoms with Crippen molar-refractivity contribution in [2.45, 2.75) is 32.2 Å². The second kappa shape index (κ2) is 8.26. The van der Waals surface area contributed by atoms with E-state index in [2.05, 4.69) is 10.2 Å². The Morgan fingerprint density at radius 2 is 2.04 bits per heavy atom. The summed E-state index contributed by atoms with van der Waals surface area (Å²) in [5.74, 6) is 1.21. The number of carbonyl (C=O) groups excluding carboxylic acids is 1. The van der Waals surface area contributed by atoms with Gasteiger partial charge in [0.25, 0.3) is 5.69 Å². The van der Waals surface area contributed by atoms with Crippen LogP contribution in [0, 0.1) is 14.9 Å². The van der Waals surface area contributed by atoms with Crippen molar-refractivity contribution >= 4 is 29.9 Å². The van der Waals surface area contributed by atoms with Crippen molar-refractivity contribution < 1.29 is 9.72 Å². The Morgan fingerprint density at radius 1 is 1.37 bits per heavy atom. The predicted octanol–water partition coefficient (Wildman–Crippen LogP) is 3.29. The van der Waals surface area contributed by atoms with Gasteiger partial charge in [-0.15, -0.1) is 0 Å². The van der Waals surface area contributed by atoms with Crippen molar-refractivity contribution in [3.05, 3.63) is 56.6 Å². The maximum atomic E-state index is 12.4. The fourth-order valence-electron chi connectivity index (χ4n) is 3.29. The summed E-state index contributed by atoms with van der Waals surface area (Å²) in [6.45, 7) is 4.15. The van der Waals surface area contributed by atoms with Crippen LogP contribution in [-0.2, 0) is 11.3 Å². The highest BCUT2D eigenvalue weighted by Gasteiger charge is 2.26. The molecule has 0 atom stereocenters. The highest BCUT2D eigenvalue weighted by molar-refractivity contribution is 7.71. The van der Waals surface area contributed by atoms with Crippen LogP contribution in [-0.4, -0.2) is 43.6 Å². The van der Waals surface area contributed by atoms with Crippen molar-refractivity contribution in [1.82, 2.24) is 19.7 Å². The zero-order valence-electron chi connectivity index (χ0n) is 15.0. The molecular weight excluding hydrogens is 366 g/mol. The van der Waals surface area contributed by atoms with Crippen molar-refractivity contribution in [1.29, 1.82) is 0 Å². The third kappa shape index (κ3) is 4.30. The molecule has 1 saturated heterocycles. The first-order valence-corrected chi connectivity index (χ1v) is 9.27. The molecular formula is C18H21N5O3S. The normalized spacial score (nSPS) is 15.4. The first-order valence-electron chi connectivity index (χ1n) is 8.86. The number of benzene rings is 1. The minimum absolute atomic E-state index is 0.0328. The Kier molecular flexibility index (Phi) is 5.80. The number of nitro benzene ring substituents is 1. The number of hydrogen-bond acceptors (Lipinski definition) is 5. The van der Waals surface area contributed by atoms with Gasteiger partial charge in [0.15, 0.2) is 4.77 Å². The van der Waals surface area contributed by atoms with Gasteiger partial charge in [-0.25, -0.2) is 0 Å². The second-order valence-electron chi connectivity index (χ2n) is 6.41. The van der Waals surface area contributed by atoms with Crippen LogP contribution < -0.4 is 0 Å². The molecule has 9 heteroatoms. The summed E-state index contributed by atoms with van der Waals surface area (Å²) in [7, 11) is 0. The van der Waals surface area contributed by atoms with E-state index in [1.165, 1.54) is 18.2 Å². The predicted molar refractivity (Wildman–Crippen MR) is 104 cm³/mol. The molecule has 27 heavy (non-hydrogen) atoms. The van der Waals surface area contributed by atoms with Gasteiger partial charge in [-0.05, 0) is 55.8 Å². The lowest BCUT2D eigenvalue weighted by Gasteiger charge is -2.31. The molecule has 2 aromatic rings. The quantitative estimate of drug-likeness (QED) is 0.367. The molecule has 8 nitrogen and oxygen atoms in total. The number of aromatic nitrogens is 3. The molecule has 1 aromatic carbocycles. The third-order valence-electron chi connectivity index (χ3n) is 4.80. The number of aromatic amines is 1. The van der Waals surface area contributed by atoms with Crippen LogP contribution in [0.4, 0.5) is 5.69 Å². The van der Waals surface area contributed by atoms with Gasteiger partial charge in [0.05, 0.1) is 4.92 Å². The monoisotopic (exact) mass is 387 g/mol. The smallest absolute Gasteiger partial charge is 0.269 e. The number of nitro groups is 1. The number of piperidine rings is 1. The van der Waals surface area contributed by atoms with Crippen LogP contribution in [0.3, 0.4) is 0 Å². The van der Waals surface area contributed by atoms with Gasteiger partial charge < -0.3 is 9.47 Å². The van der Waals surface area contributed by atoms with Crippen LogP contribution in [0.25, 0.3) is 6.08 Å². The Morgan fingerprint density at radius 3 is 2.63 bits per heavy atom. The second-order valence-corrected chi connectivity index (χ2v) is 6.80. The van der Waals surface area contributed by atoms with E-state index < -0.39 is 4.92 Å². The third-order valence-corrected chi connectivity index (χ3v) is 5.11. The first-order chi connectivity index (χ1) is 13.0. The van der Waals surface area contributed by atoms with Crippen molar-refractivity contribution in [2.75, 3.05) is 13.1 Å². The van der Waals surface area contributed by atoms with Crippen molar-refractivity contribution in [3.63, 3.8) is 0 Å². The Balaban J connectivity index is 1.58. The van der Waals surface area contributed by atoms with Crippen molar-refractivity contribution in [2.24, 2.45) is 0 Å². The topological polar surface area (TPSA) is 97.1 Å². The molecule has 1 N–H and O–H groups in total. The summed E-state index contributed by atoms with van der Waals surface area (Å²) in [5, 5.41) is 17.9. The van der Waals surface area contributed by atoms with Crippen molar-refractivity contribution in [3.8, 4) is 0 Å². The zero-order valence-corrected chi connectivity index (χ0v) is 15.8. The number of nitrogens with one attached hydrogen (secondary N) is 1. The van der Waals surface area contributed by atoms with Crippen LogP contribution in [0.2, 0.25) is 0 Å². The van der Waals surface area contributed by atoms with Gasteiger partial charge in [0.1, 0.15) is 5.82 Å². The lowest BCUT2D eigenvalue weighted by atomic mass is 9.96. The molecule has 1 aliphatic heterocycles. The molecule has 0 unspecified atom stereocenters. The minimum atomic E-state index is -0.445. The highest BCUT2D eigenvalue weighted by atomic mass is 32.1. The number of amides is 1. The van der Waals surface area contributed by atoms with E-state index >= 15 is 0 Å². The molecule has 1 aliphatic rings. The molecule has 2 heterocycles. The zero-order chi connectivity index (χ0) is 19.4. The molecule has 0 aliphatic carbocycles. The summed E-state index contributed by atoms with van der Waals surface area (Å²) >= 11 is 5.24. The van der Waals surface area contributed by atoms with Gasteiger partial charge in [-0.3, -0.25) is 20.0 Å². The molecule has 0 bridgehead atoms. The van der Waals surface area contributed by atoms with Gasteiger partial charge >= 0.3 is 0 Å². The maximum Gasteiger partial charge on any atom is 0.269 e. The Labute approximate surface area is 161 Å². The first kappa shape index (κ1) is 19.0. The standard InChI is InChI=1S/C18H21N5O3S/c1-2-22-17(19-20-18(22)27)14-9-11-21(12-10-14)16(24)8-5-13-3-6-15(7-4-13)23(25)26/h3-8,14H,2,9-12H2,1H3,(H,20,27). The molecule has 142 valence electrons. The van der Waals surface area contributed by atoms with E-state index in [-0.39, 0.29) is 11.6 Å². The fraction of sp³-hybridized carbons (Fsp3) is 0.389. The van der Waals surface area contributed by atoms with Gasteiger partial charge in [-0.1, -0.05) is 0 Å². The number of hydrogen-bond donors (Lipinski definition) is 1. The van der Waals surface area contributed by atoms with Gasteiger partial charge in [-0.2, -0.15) is 5.10 Å². The van der Waals surface area contributed by atoms with Crippen LogP contribution in [0.5, 0.6) is 0 Å². The Hall–Kier alpha value is -2.81. The fourth-order valence-corrected chi connectivity index (χ4v) is 3.55. The van der Waals surface area contributed by atoms with Crippen LogP contribution in [0.15, 0.2) is 30.3 Å². The number of likely N-dealkylation sites (tertiary alicyclic amines) is 1. The minimum Gasteiger partial charge on any atom is -0.339 e. The number of nitrogens with zero attached hydrogens (tertiary/aromatic N) is 4. The summed E-state index contributed by atoms with van der Waals surface area (Å²) < 4.78 is 2.64. The Bertz CT molecular complexity index is 908. The largest absolute Gasteiger partial charge is 0.339 e. The van der Waals surface area contributed by atoms with E-state index in [9.17, 15) is 14.9 Å². The lowest BCUT2D eigenvalue weighted by Crippen LogP contribution is -2.37. The lowest BCUT2D eigenvalue weighted by molar-refractivity contribution is -0.384. The number of non-ortho nitro benzene ring substituents is 1. The average Bonchev–Trinajstić information content (AvgIpc) is 3.07. The number of rotatable bonds is 5. The summed E-state index contributed by atoms with van der Waals surface area (Å²) in [6.07, 6.45) is 4.89. The van der Waals surface area contributed by atoms with Crippen LogP contribution in [0.1, 0.15) is 37.1 Å². The van der Waals surface area contributed by atoms with E-state index in [1.54, 1.807) is 18.2 Å². The molecule has 1 fully saturated rings. The molecule has 0 radical (unpaired) electrons. The average molecular weight is 387 g/mol. The summed E-state index contributed by atoms with van der Waals surface area (Å²) in [5.41, 5.74) is 0.785. The molecule has 1 aromatic heterocycles. The molecule has 3 rings (SSSR count). The SMILES string of the molecule is CCn1c(C2CCN(C(=O)C=Cc3ccc([N+](=O)[O-])cc3)CC2)n[nH]c1=S. The number of carbonyl (C=O) groups is 1. The maximum absolute atomic E-state index is 12.4. The highest BCUT2D eigenvalue weighted by Crippen LogP contribution is 2.27. The van der Waals surface area contributed by atoms with Gasteiger partial charge in [0.2, 0.25) is 5.91 Å². The summed E-state index contributed by atoms with van der Waals surface area (Å²) in [4.78, 5) is 24.4. The number of H-pyrrole nitrogens is 1. The van der Waals surface area contributed by atoms with E-state index in [1.807, 2.05) is 16.4 Å². The molecule has 1 amide bonds. The molecule has 0 saturated carbocycles.